The van der Waals surface area contributed by atoms with Crippen LogP contribution in [0.2, 0.25) is 0 Å². The van der Waals surface area contributed by atoms with E-state index in [0.29, 0.717) is 18.2 Å². The van der Waals surface area contributed by atoms with E-state index in [1.165, 1.54) is 6.07 Å². The van der Waals surface area contributed by atoms with Crippen molar-refractivity contribution in [1.29, 1.82) is 0 Å². The van der Waals surface area contributed by atoms with Gasteiger partial charge in [-0.05, 0) is 24.6 Å². The van der Waals surface area contributed by atoms with Gasteiger partial charge in [0.25, 0.3) is 0 Å². The molecule has 2 rings (SSSR count). The summed E-state index contributed by atoms with van der Waals surface area (Å²) in [7, 11) is 0. The highest BCUT2D eigenvalue weighted by atomic mass is 79.9. The fraction of sp³-hybridized carbons (Fsp3) is 0.455. The molecule has 0 aromatic heterocycles. The largest absolute Gasteiger partial charge is 0.380 e. The molecule has 1 atom stereocenters. The third-order valence-electron chi connectivity index (χ3n) is 2.52. The standard InChI is InChI=1S/C11H13BrFNO/c12-9-1-2-11(13)8(5-9)6-14-10-3-4-15-7-10/h1-2,5,10,14H,3-4,6-7H2. The van der Waals surface area contributed by atoms with Crippen LogP contribution >= 0.6 is 15.9 Å². The van der Waals surface area contributed by atoms with Crippen LogP contribution in [0.25, 0.3) is 0 Å². The van der Waals surface area contributed by atoms with Crippen molar-refractivity contribution in [2.24, 2.45) is 0 Å². The van der Waals surface area contributed by atoms with E-state index >= 15 is 0 Å². The predicted octanol–water partition coefficient (Wildman–Crippen LogP) is 2.47. The van der Waals surface area contributed by atoms with Crippen LogP contribution in [-0.4, -0.2) is 19.3 Å². The molecule has 1 aliphatic rings. The van der Waals surface area contributed by atoms with Crippen molar-refractivity contribution < 1.29 is 9.13 Å². The number of hydrogen-bond donors (Lipinski definition) is 1. The molecule has 1 heterocycles. The average molecular weight is 274 g/mol. The van der Waals surface area contributed by atoms with Crippen molar-refractivity contribution in [1.82, 2.24) is 5.32 Å². The molecule has 1 unspecified atom stereocenters. The zero-order chi connectivity index (χ0) is 10.7. The minimum absolute atomic E-state index is 0.162. The molecule has 1 aliphatic heterocycles. The highest BCUT2D eigenvalue weighted by molar-refractivity contribution is 9.10. The molecule has 0 spiro atoms. The lowest BCUT2D eigenvalue weighted by atomic mass is 10.2. The van der Waals surface area contributed by atoms with E-state index in [1.807, 2.05) is 0 Å². The zero-order valence-electron chi connectivity index (χ0n) is 8.30. The Morgan fingerprint density at radius 2 is 2.40 bits per heavy atom. The van der Waals surface area contributed by atoms with Crippen molar-refractivity contribution in [3.8, 4) is 0 Å². The Bertz CT molecular complexity index is 339. The molecule has 1 aromatic carbocycles. The minimum atomic E-state index is -0.162. The first-order valence-electron chi connectivity index (χ1n) is 5.01. The molecular weight excluding hydrogens is 261 g/mol. The maximum Gasteiger partial charge on any atom is 0.127 e. The maximum atomic E-state index is 13.4. The topological polar surface area (TPSA) is 21.3 Å². The number of nitrogens with one attached hydrogen (secondary N) is 1. The zero-order valence-corrected chi connectivity index (χ0v) is 9.89. The predicted molar refractivity (Wildman–Crippen MR) is 60.2 cm³/mol. The molecule has 0 saturated carbocycles. The Kier molecular flexibility index (Phi) is 3.72. The molecule has 4 heteroatoms. The van der Waals surface area contributed by atoms with Crippen molar-refractivity contribution in [3.05, 3.63) is 34.1 Å². The first kappa shape index (κ1) is 11.0. The molecular formula is C11H13BrFNO. The third kappa shape index (κ3) is 3.00. The van der Waals surface area contributed by atoms with Crippen molar-refractivity contribution in [3.63, 3.8) is 0 Å². The normalized spacial score (nSPS) is 20.8. The molecule has 1 N–H and O–H groups in total. The lowest BCUT2D eigenvalue weighted by Gasteiger charge is -2.11. The molecule has 1 saturated heterocycles. The van der Waals surface area contributed by atoms with Gasteiger partial charge < -0.3 is 10.1 Å². The molecule has 15 heavy (non-hydrogen) atoms. The first-order chi connectivity index (χ1) is 7.25. The molecule has 0 radical (unpaired) electrons. The van der Waals surface area contributed by atoms with Gasteiger partial charge in [0.05, 0.1) is 6.61 Å². The van der Waals surface area contributed by atoms with Gasteiger partial charge in [0.1, 0.15) is 5.82 Å². The second kappa shape index (κ2) is 5.05. The summed E-state index contributed by atoms with van der Waals surface area (Å²) in [5.41, 5.74) is 0.691. The van der Waals surface area contributed by atoms with Crippen molar-refractivity contribution in [2.45, 2.75) is 19.0 Å². The van der Waals surface area contributed by atoms with Gasteiger partial charge in [-0.3, -0.25) is 0 Å². The van der Waals surface area contributed by atoms with Crippen LogP contribution in [0.1, 0.15) is 12.0 Å². The summed E-state index contributed by atoms with van der Waals surface area (Å²) in [4.78, 5) is 0. The smallest absolute Gasteiger partial charge is 0.127 e. The van der Waals surface area contributed by atoms with Crippen LogP contribution in [0.15, 0.2) is 22.7 Å². The average Bonchev–Trinajstić information content (AvgIpc) is 2.72. The summed E-state index contributed by atoms with van der Waals surface area (Å²) >= 11 is 3.33. The second-order valence-corrected chi connectivity index (χ2v) is 4.59. The summed E-state index contributed by atoms with van der Waals surface area (Å²) < 4.78 is 19.5. The molecule has 0 amide bonds. The Balaban J connectivity index is 1.94. The molecule has 82 valence electrons. The molecule has 2 nitrogen and oxygen atoms in total. The van der Waals surface area contributed by atoms with Crippen LogP contribution in [0.5, 0.6) is 0 Å². The number of rotatable bonds is 3. The van der Waals surface area contributed by atoms with Crippen molar-refractivity contribution >= 4 is 15.9 Å². The molecule has 0 aliphatic carbocycles. The van der Waals surface area contributed by atoms with Crippen LogP contribution in [-0.2, 0) is 11.3 Å². The Morgan fingerprint density at radius 1 is 1.53 bits per heavy atom. The van der Waals surface area contributed by atoms with Crippen LogP contribution < -0.4 is 5.32 Å². The molecule has 1 fully saturated rings. The fourth-order valence-corrected chi connectivity index (χ4v) is 2.04. The third-order valence-corrected chi connectivity index (χ3v) is 3.01. The van der Waals surface area contributed by atoms with E-state index in [2.05, 4.69) is 21.2 Å². The van der Waals surface area contributed by atoms with Gasteiger partial charge in [0, 0.05) is 29.2 Å². The summed E-state index contributed by atoms with van der Waals surface area (Å²) in [5, 5.41) is 3.28. The van der Waals surface area contributed by atoms with Gasteiger partial charge in [-0.25, -0.2) is 4.39 Å². The van der Waals surface area contributed by atoms with E-state index in [1.54, 1.807) is 12.1 Å². The first-order valence-corrected chi connectivity index (χ1v) is 5.80. The Morgan fingerprint density at radius 3 is 3.13 bits per heavy atom. The van der Waals surface area contributed by atoms with Gasteiger partial charge in [0.15, 0.2) is 0 Å². The molecule has 1 aromatic rings. The van der Waals surface area contributed by atoms with Crippen LogP contribution in [0.4, 0.5) is 4.39 Å². The Hall–Kier alpha value is -0.450. The quantitative estimate of drug-likeness (QED) is 0.914. The van der Waals surface area contributed by atoms with E-state index in [9.17, 15) is 4.39 Å². The van der Waals surface area contributed by atoms with Gasteiger partial charge in [0.2, 0.25) is 0 Å². The second-order valence-electron chi connectivity index (χ2n) is 3.68. The minimum Gasteiger partial charge on any atom is -0.380 e. The summed E-state index contributed by atoms with van der Waals surface area (Å²) in [6.45, 7) is 2.09. The van der Waals surface area contributed by atoms with Crippen molar-refractivity contribution in [2.75, 3.05) is 13.2 Å². The highest BCUT2D eigenvalue weighted by Gasteiger charge is 2.15. The van der Waals surface area contributed by atoms with Crippen LogP contribution in [0.3, 0.4) is 0 Å². The number of benzene rings is 1. The van der Waals surface area contributed by atoms with Crippen LogP contribution in [0, 0.1) is 5.82 Å². The summed E-state index contributed by atoms with van der Waals surface area (Å²) in [6, 6.07) is 5.35. The summed E-state index contributed by atoms with van der Waals surface area (Å²) in [5.74, 6) is -0.162. The van der Waals surface area contributed by atoms with Gasteiger partial charge in [-0.1, -0.05) is 15.9 Å². The fourth-order valence-electron chi connectivity index (χ4n) is 1.63. The van der Waals surface area contributed by atoms with E-state index < -0.39 is 0 Å². The number of halogens is 2. The van der Waals surface area contributed by atoms with E-state index in [-0.39, 0.29) is 5.82 Å². The maximum absolute atomic E-state index is 13.4. The lowest BCUT2D eigenvalue weighted by molar-refractivity contribution is 0.189. The Labute approximate surface area is 96.9 Å². The SMILES string of the molecule is Fc1ccc(Br)cc1CNC1CCOC1. The summed E-state index contributed by atoms with van der Waals surface area (Å²) in [6.07, 6.45) is 1.01. The van der Waals surface area contributed by atoms with E-state index in [4.69, 9.17) is 4.74 Å². The number of hydrogen-bond acceptors (Lipinski definition) is 2. The highest BCUT2D eigenvalue weighted by Crippen LogP contribution is 2.16. The lowest BCUT2D eigenvalue weighted by Crippen LogP contribution is -2.28. The van der Waals surface area contributed by atoms with Gasteiger partial charge in [-0.2, -0.15) is 0 Å². The number of ether oxygens (including phenoxy) is 1. The van der Waals surface area contributed by atoms with Gasteiger partial charge in [-0.15, -0.1) is 0 Å². The van der Waals surface area contributed by atoms with Gasteiger partial charge >= 0.3 is 0 Å². The molecule has 0 bridgehead atoms. The van der Waals surface area contributed by atoms with E-state index in [0.717, 1.165) is 24.1 Å². The monoisotopic (exact) mass is 273 g/mol.